The van der Waals surface area contributed by atoms with E-state index in [1.807, 2.05) is 0 Å². The number of nitrogens with zero attached hydrogens (tertiary/aromatic N) is 1. The molecule has 0 saturated carbocycles. The van der Waals surface area contributed by atoms with Crippen molar-refractivity contribution in [2.45, 2.75) is 18.9 Å². The highest BCUT2D eigenvalue weighted by Crippen LogP contribution is 2.09. The zero-order valence-corrected chi connectivity index (χ0v) is 7.12. The van der Waals surface area contributed by atoms with Gasteiger partial charge in [0.1, 0.15) is 0 Å². The lowest BCUT2D eigenvalue weighted by Crippen LogP contribution is -2.19. The molecule has 3 nitrogen and oxygen atoms in total. The highest BCUT2D eigenvalue weighted by Gasteiger charge is 2.18. The number of likely N-dealkylation sites (tertiary alicyclic amines) is 1. The van der Waals surface area contributed by atoms with Gasteiger partial charge in [0.05, 0.1) is 6.10 Å². The van der Waals surface area contributed by atoms with Crippen molar-refractivity contribution >= 4 is 0 Å². The number of aliphatic hydroxyl groups excluding tert-OH is 1. The first-order valence-corrected chi connectivity index (χ1v) is 4.24. The van der Waals surface area contributed by atoms with Gasteiger partial charge < -0.3 is 14.7 Å². The van der Waals surface area contributed by atoms with Crippen molar-refractivity contribution in [2.24, 2.45) is 0 Å². The molecule has 1 unspecified atom stereocenters. The minimum Gasteiger partial charge on any atom is -0.396 e. The molecule has 1 fully saturated rings. The molecule has 1 aliphatic heterocycles. The van der Waals surface area contributed by atoms with Crippen molar-refractivity contribution in [1.29, 1.82) is 0 Å². The molecule has 11 heavy (non-hydrogen) atoms. The van der Waals surface area contributed by atoms with Gasteiger partial charge in [0.15, 0.2) is 0 Å². The molecule has 1 atom stereocenters. The number of hydrogen-bond acceptors (Lipinski definition) is 3. The van der Waals surface area contributed by atoms with Gasteiger partial charge in [0.2, 0.25) is 0 Å². The first-order chi connectivity index (χ1) is 5.33. The standard InChI is InChI=1S/C8H17NO2/c1-9-4-3-8(7-9)11-6-2-5-10/h8,10H,2-7H2,1H3. The Morgan fingerprint density at radius 3 is 3.00 bits per heavy atom. The first kappa shape index (κ1) is 8.97. The summed E-state index contributed by atoms with van der Waals surface area (Å²) < 4.78 is 5.51. The van der Waals surface area contributed by atoms with Crippen LogP contribution in [0.5, 0.6) is 0 Å². The predicted molar refractivity (Wildman–Crippen MR) is 43.6 cm³/mol. The number of ether oxygens (including phenoxy) is 1. The lowest BCUT2D eigenvalue weighted by atomic mass is 10.3. The van der Waals surface area contributed by atoms with Crippen molar-refractivity contribution in [3.8, 4) is 0 Å². The van der Waals surface area contributed by atoms with E-state index >= 15 is 0 Å². The monoisotopic (exact) mass is 159 g/mol. The van der Waals surface area contributed by atoms with E-state index < -0.39 is 0 Å². The second-order valence-corrected chi connectivity index (χ2v) is 3.12. The van der Waals surface area contributed by atoms with Gasteiger partial charge in [-0.25, -0.2) is 0 Å². The molecule has 0 spiro atoms. The van der Waals surface area contributed by atoms with Gasteiger partial charge in [-0.1, -0.05) is 0 Å². The molecule has 0 aliphatic carbocycles. The van der Waals surface area contributed by atoms with Crippen molar-refractivity contribution < 1.29 is 9.84 Å². The van der Waals surface area contributed by atoms with Crippen LogP contribution in [-0.4, -0.2) is 49.5 Å². The van der Waals surface area contributed by atoms with Gasteiger partial charge >= 0.3 is 0 Å². The first-order valence-electron chi connectivity index (χ1n) is 4.24. The molecule has 1 N–H and O–H groups in total. The summed E-state index contributed by atoms with van der Waals surface area (Å²) in [5, 5.41) is 8.50. The van der Waals surface area contributed by atoms with Gasteiger partial charge in [0.25, 0.3) is 0 Å². The molecule has 0 amide bonds. The van der Waals surface area contributed by atoms with Crippen LogP contribution in [0.15, 0.2) is 0 Å². The molecule has 1 rings (SSSR count). The molecule has 1 saturated heterocycles. The van der Waals surface area contributed by atoms with E-state index in [1.54, 1.807) is 0 Å². The highest BCUT2D eigenvalue weighted by atomic mass is 16.5. The SMILES string of the molecule is CN1CCC(OCCCO)C1. The summed E-state index contributed by atoms with van der Waals surface area (Å²) >= 11 is 0. The summed E-state index contributed by atoms with van der Waals surface area (Å²) in [6, 6.07) is 0. The molecule has 0 radical (unpaired) electrons. The zero-order valence-electron chi connectivity index (χ0n) is 7.12. The van der Waals surface area contributed by atoms with Gasteiger partial charge in [-0.05, 0) is 19.9 Å². The Morgan fingerprint density at radius 2 is 2.45 bits per heavy atom. The summed E-state index contributed by atoms with van der Waals surface area (Å²) in [4.78, 5) is 2.27. The van der Waals surface area contributed by atoms with Crippen molar-refractivity contribution in [1.82, 2.24) is 4.90 Å². The summed E-state index contributed by atoms with van der Waals surface area (Å²) in [5.74, 6) is 0. The van der Waals surface area contributed by atoms with E-state index in [2.05, 4.69) is 11.9 Å². The lowest BCUT2D eigenvalue weighted by Gasteiger charge is -2.10. The molecule has 66 valence electrons. The third kappa shape index (κ3) is 3.18. The van der Waals surface area contributed by atoms with Gasteiger partial charge in [-0.2, -0.15) is 0 Å². The van der Waals surface area contributed by atoms with Crippen LogP contribution in [0.2, 0.25) is 0 Å². The Morgan fingerprint density at radius 1 is 1.64 bits per heavy atom. The lowest BCUT2D eigenvalue weighted by molar-refractivity contribution is 0.0513. The molecule has 0 aromatic heterocycles. The average Bonchev–Trinajstić information content (AvgIpc) is 2.37. The molecule has 3 heteroatoms. The molecular weight excluding hydrogens is 142 g/mol. The second-order valence-electron chi connectivity index (χ2n) is 3.12. The third-order valence-electron chi connectivity index (χ3n) is 2.00. The molecular formula is C8H17NO2. The number of likely N-dealkylation sites (N-methyl/N-ethyl adjacent to an activating group) is 1. The van der Waals surface area contributed by atoms with E-state index in [9.17, 15) is 0 Å². The normalized spacial score (nSPS) is 26.2. The van der Waals surface area contributed by atoms with Crippen LogP contribution in [0.25, 0.3) is 0 Å². The Hall–Kier alpha value is -0.120. The Balaban J connectivity index is 1.99. The highest BCUT2D eigenvalue weighted by molar-refractivity contribution is 4.72. The van der Waals surface area contributed by atoms with Crippen LogP contribution < -0.4 is 0 Å². The molecule has 0 aromatic carbocycles. The maximum atomic E-state index is 8.50. The molecule has 0 aromatic rings. The smallest absolute Gasteiger partial charge is 0.0714 e. The topological polar surface area (TPSA) is 32.7 Å². The maximum Gasteiger partial charge on any atom is 0.0714 e. The Kier molecular flexibility index (Phi) is 3.83. The van der Waals surface area contributed by atoms with E-state index in [4.69, 9.17) is 9.84 Å². The fourth-order valence-corrected chi connectivity index (χ4v) is 1.35. The Bertz CT molecular complexity index is 108. The number of hydrogen-bond donors (Lipinski definition) is 1. The van der Waals surface area contributed by atoms with E-state index in [1.165, 1.54) is 0 Å². The van der Waals surface area contributed by atoms with E-state index in [-0.39, 0.29) is 6.61 Å². The molecule has 0 bridgehead atoms. The zero-order chi connectivity index (χ0) is 8.10. The average molecular weight is 159 g/mol. The quantitative estimate of drug-likeness (QED) is 0.590. The van der Waals surface area contributed by atoms with Gasteiger partial charge in [-0.3, -0.25) is 0 Å². The van der Waals surface area contributed by atoms with Crippen LogP contribution >= 0.6 is 0 Å². The van der Waals surface area contributed by atoms with Crippen LogP contribution in [0.3, 0.4) is 0 Å². The minimum atomic E-state index is 0.239. The van der Waals surface area contributed by atoms with Gasteiger partial charge in [0, 0.05) is 26.3 Å². The largest absolute Gasteiger partial charge is 0.396 e. The summed E-state index contributed by atoms with van der Waals surface area (Å²) in [7, 11) is 2.11. The van der Waals surface area contributed by atoms with E-state index in [0.29, 0.717) is 12.7 Å². The maximum absolute atomic E-state index is 8.50. The molecule has 1 heterocycles. The fourth-order valence-electron chi connectivity index (χ4n) is 1.35. The van der Waals surface area contributed by atoms with E-state index in [0.717, 1.165) is 25.9 Å². The van der Waals surface area contributed by atoms with Crippen molar-refractivity contribution in [2.75, 3.05) is 33.4 Å². The van der Waals surface area contributed by atoms with Crippen molar-refractivity contribution in [3.05, 3.63) is 0 Å². The minimum absolute atomic E-state index is 0.239. The summed E-state index contributed by atoms with van der Waals surface area (Å²) in [6.45, 7) is 3.13. The summed E-state index contributed by atoms with van der Waals surface area (Å²) in [5.41, 5.74) is 0. The number of aliphatic hydroxyl groups is 1. The van der Waals surface area contributed by atoms with Crippen LogP contribution in [0.4, 0.5) is 0 Å². The van der Waals surface area contributed by atoms with Crippen LogP contribution in [0, 0.1) is 0 Å². The Labute approximate surface area is 68.0 Å². The van der Waals surface area contributed by atoms with Crippen LogP contribution in [0.1, 0.15) is 12.8 Å². The molecule has 1 aliphatic rings. The van der Waals surface area contributed by atoms with Crippen molar-refractivity contribution in [3.63, 3.8) is 0 Å². The fraction of sp³-hybridized carbons (Fsp3) is 1.00. The van der Waals surface area contributed by atoms with Crippen LogP contribution in [-0.2, 0) is 4.74 Å². The van der Waals surface area contributed by atoms with Gasteiger partial charge in [-0.15, -0.1) is 0 Å². The second kappa shape index (κ2) is 4.70. The number of rotatable bonds is 4. The predicted octanol–water partition coefficient (Wildman–Crippen LogP) is 0.0895. The third-order valence-corrected chi connectivity index (χ3v) is 2.00. The summed E-state index contributed by atoms with van der Waals surface area (Å²) in [6.07, 6.45) is 2.31.